The van der Waals surface area contributed by atoms with Gasteiger partial charge in [0.1, 0.15) is 12.4 Å². The van der Waals surface area contributed by atoms with Crippen molar-refractivity contribution in [2.24, 2.45) is 0 Å². The SMILES string of the molecule is CNc1cccc(COc2c(Br)cc(CC(=O)O)cc2Br)c1Cl. The predicted molar refractivity (Wildman–Crippen MR) is 98.5 cm³/mol. The molecule has 2 N–H and O–H groups in total. The predicted octanol–water partition coefficient (Wildman–Crippen LogP) is 5.11. The average molecular weight is 464 g/mol. The number of benzene rings is 2. The van der Waals surface area contributed by atoms with Crippen molar-refractivity contribution in [3.63, 3.8) is 0 Å². The fourth-order valence-corrected chi connectivity index (χ4v) is 3.85. The van der Waals surface area contributed by atoms with E-state index in [9.17, 15) is 4.79 Å². The number of ether oxygens (including phenoxy) is 1. The molecule has 0 aromatic heterocycles. The third-order valence-corrected chi connectivity index (χ3v) is 4.76. The first kappa shape index (κ1) is 18.1. The summed E-state index contributed by atoms with van der Waals surface area (Å²) in [6.45, 7) is 0.295. The quantitative estimate of drug-likeness (QED) is 0.625. The molecule has 0 amide bonds. The van der Waals surface area contributed by atoms with E-state index in [1.807, 2.05) is 18.2 Å². The molecule has 0 saturated heterocycles. The van der Waals surface area contributed by atoms with Crippen LogP contribution >= 0.6 is 43.5 Å². The molecule has 0 spiro atoms. The molecule has 0 aliphatic heterocycles. The normalized spacial score (nSPS) is 10.4. The Kier molecular flexibility index (Phi) is 6.33. The van der Waals surface area contributed by atoms with E-state index in [4.69, 9.17) is 21.4 Å². The zero-order chi connectivity index (χ0) is 17.0. The molecule has 0 bridgehead atoms. The maximum Gasteiger partial charge on any atom is 0.307 e. The van der Waals surface area contributed by atoms with Gasteiger partial charge in [-0.1, -0.05) is 23.7 Å². The molecular formula is C16H14Br2ClNO3. The molecule has 0 atom stereocenters. The summed E-state index contributed by atoms with van der Waals surface area (Å²) in [7, 11) is 1.81. The number of carboxylic acids is 1. The first-order valence-corrected chi connectivity index (χ1v) is 8.66. The van der Waals surface area contributed by atoms with Gasteiger partial charge in [-0.25, -0.2) is 0 Å². The van der Waals surface area contributed by atoms with Crippen LogP contribution in [0.4, 0.5) is 5.69 Å². The molecule has 0 aliphatic rings. The van der Waals surface area contributed by atoms with Gasteiger partial charge < -0.3 is 15.2 Å². The first-order valence-electron chi connectivity index (χ1n) is 6.70. The summed E-state index contributed by atoms with van der Waals surface area (Å²) < 4.78 is 7.21. The summed E-state index contributed by atoms with van der Waals surface area (Å²) in [5.74, 6) is -0.279. The van der Waals surface area contributed by atoms with Crippen molar-refractivity contribution in [3.8, 4) is 5.75 Å². The van der Waals surface area contributed by atoms with Gasteiger partial charge in [0.05, 0.1) is 26.1 Å². The molecule has 0 radical (unpaired) electrons. The van der Waals surface area contributed by atoms with E-state index in [1.54, 1.807) is 19.2 Å². The number of hydrogen-bond acceptors (Lipinski definition) is 3. The molecule has 23 heavy (non-hydrogen) atoms. The van der Waals surface area contributed by atoms with E-state index in [2.05, 4.69) is 37.2 Å². The van der Waals surface area contributed by atoms with Crippen LogP contribution in [0.2, 0.25) is 5.02 Å². The van der Waals surface area contributed by atoms with Crippen molar-refractivity contribution in [3.05, 3.63) is 55.4 Å². The smallest absolute Gasteiger partial charge is 0.307 e. The monoisotopic (exact) mass is 461 g/mol. The van der Waals surface area contributed by atoms with Crippen LogP contribution in [0.1, 0.15) is 11.1 Å². The van der Waals surface area contributed by atoms with Gasteiger partial charge in [0, 0.05) is 12.6 Å². The van der Waals surface area contributed by atoms with Gasteiger partial charge in [-0.3, -0.25) is 4.79 Å². The average Bonchev–Trinajstić information content (AvgIpc) is 2.47. The Hall–Kier alpha value is -1.24. The third kappa shape index (κ3) is 4.62. The molecule has 0 unspecified atom stereocenters. The fraction of sp³-hybridized carbons (Fsp3) is 0.188. The number of rotatable bonds is 6. The van der Waals surface area contributed by atoms with Crippen molar-refractivity contribution in [2.45, 2.75) is 13.0 Å². The van der Waals surface area contributed by atoms with Crippen molar-refractivity contribution in [1.29, 1.82) is 0 Å². The lowest BCUT2D eigenvalue weighted by molar-refractivity contribution is -0.136. The Morgan fingerprint density at radius 1 is 1.30 bits per heavy atom. The van der Waals surface area contributed by atoms with E-state index < -0.39 is 5.97 Å². The van der Waals surface area contributed by atoms with Crippen molar-refractivity contribution >= 4 is 55.1 Å². The molecular weight excluding hydrogens is 449 g/mol. The Bertz CT molecular complexity index is 714. The highest BCUT2D eigenvalue weighted by Crippen LogP contribution is 2.36. The minimum absolute atomic E-state index is 0.0481. The minimum Gasteiger partial charge on any atom is -0.486 e. The Balaban J connectivity index is 2.19. The van der Waals surface area contributed by atoms with Crippen LogP contribution < -0.4 is 10.1 Å². The molecule has 4 nitrogen and oxygen atoms in total. The van der Waals surface area contributed by atoms with Gasteiger partial charge in [-0.05, 0) is 55.6 Å². The van der Waals surface area contributed by atoms with Crippen LogP contribution in [0.3, 0.4) is 0 Å². The van der Waals surface area contributed by atoms with Gasteiger partial charge in [0.25, 0.3) is 0 Å². The number of hydrogen-bond donors (Lipinski definition) is 2. The third-order valence-electron chi connectivity index (χ3n) is 3.13. The molecule has 7 heteroatoms. The molecule has 0 fully saturated rings. The number of carbonyl (C=O) groups is 1. The second kappa shape index (κ2) is 8.04. The van der Waals surface area contributed by atoms with Gasteiger partial charge in [0.15, 0.2) is 0 Å². The summed E-state index contributed by atoms with van der Waals surface area (Å²) in [5.41, 5.74) is 2.37. The fourth-order valence-electron chi connectivity index (χ4n) is 2.06. The highest BCUT2D eigenvalue weighted by molar-refractivity contribution is 9.11. The molecule has 122 valence electrons. The van der Waals surface area contributed by atoms with Crippen LogP contribution in [0.5, 0.6) is 5.75 Å². The van der Waals surface area contributed by atoms with E-state index in [0.717, 1.165) is 11.3 Å². The summed E-state index contributed by atoms with van der Waals surface area (Å²) in [6, 6.07) is 9.15. The van der Waals surface area contributed by atoms with Crippen LogP contribution in [-0.4, -0.2) is 18.1 Å². The Labute approximate surface area is 156 Å². The molecule has 0 aliphatic carbocycles. The van der Waals surface area contributed by atoms with Crippen LogP contribution in [0.25, 0.3) is 0 Å². The van der Waals surface area contributed by atoms with Gasteiger partial charge >= 0.3 is 5.97 Å². The van der Waals surface area contributed by atoms with E-state index in [-0.39, 0.29) is 6.42 Å². The topological polar surface area (TPSA) is 58.6 Å². The lowest BCUT2D eigenvalue weighted by Crippen LogP contribution is -2.02. The van der Waals surface area contributed by atoms with Crippen LogP contribution in [0.15, 0.2) is 39.3 Å². The first-order chi connectivity index (χ1) is 10.9. The van der Waals surface area contributed by atoms with Crippen molar-refractivity contribution < 1.29 is 14.6 Å². The summed E-state index contributed by atoms with van der Waals surface area (Å²) in [6.07, 6.45) is -0.0481. The van der Waals surface area contributed by atoms with Crippen LogP contribution in [-0.2, 0) is 17.8 Å². The van der Waals surface area contributed by atoms with E-state index >= 15 is 0 Å². The number of halogens is 3. The maximum absolute atomic E-state index is 10.8. The van der Waals surface area contributed by atoms with Gasteiger partial charge in [-0.2, -0.15) is 0 Å². The van der Waals surface area contributed by atoms with E-state index in [0.29, 0.717) is 31.9 Å². The minimum atomic E-state index is -0.881. The summed E-state index contributed by atoms with van der Waals surface area (Å²) in [4.78, 5) is 10.8. The summed E-state index contributed by atoms with van der Waals surface area (Å²) in [5, 5.41) is 12.5. The van der Waals surface area contributed by atoms with E-state index in [1.165, 1.54) is 0 Å². The zero-order valence-corrected chi connectivity index (χ0v) is 16.1. The standard InChI is InChI=1S/C16H14Br2ClNO3/c1-20-13-4-2-3-10(15(13)19)8-23-16-11(17)5-9(6-12(16)18)7-14(21)22/h2-6,20H,7-8H2,1H3,(H,21,22). The number of nitrogens with one attached hydrogen (secondary N) is 1. The number of aliphatic carboxylic acids is 1. The number of carboxylic acid groups (broad SMARTS) is 1. The Morgan fingerprint density at radius 3 is 2.52 bits per heavy atom. The molecule has 2 rings (SSSR count). The second-order valence-electron chi connectivity index (χ2n) is 4.78. The van der Waals surface area contributed by atoms with Gasteiger partial charge in [-0.15, -0.1) is 0 Å². The van der Waals surface area contributed by atoms with Gasteiger partial charge in [0.2, 0.25) is 0 Å². The lowest BCUT2D eigenvalue weighted by Gasteiger charge is -2.14. The van der Waals surface area contributed by atoms with Crippen LogP contribution in [0, 0.1) is 0 Å². The summed E-state index contributed by atoms with van der Waals surface area (Å²) >= 11 is 13.1. The molecule has 0 saturated carbocycles. The Morgan fingerprint density at radius 2 is 1.96 bits per heavy atom. The highest BCUT2D eigenvalue weighted by atomic mass is 79.9. The molecule has 0 heterocycles. The second-order valence-corrected chi connectivity index (χ2v) is 6.86. The van der Waals surface area contributed by atoms with Crippen molar-refractivity contribution in [1.82, 2.24) is 0 Å². The molecule has 2 aromatic carbocycles. The molecule has 2 aromatic rings. The highest BCUT2D eigenvalue weighted by Gasteiger charge is 2.12. The largest absolute Gasteiger partial charge is 0.486 e. The van der Waals surface area contributed by atoms with Crippen molar-refractivity contribution in [2.75, 3.05) is 12.4 Å². The number of anilines is 1. The zero-order valence-electron chi connectivity index (χ0n) is 12.2. The maximum atomic E-state index is 10.8. The lowest BCUT2D eigenvalue weighted by atomic mass is 10.1.